The van der Waals surface area contributed by atoms with E-state index in [1.165, 1.54) is 6.33 Å². The molecule has 1 atom stereocenters. The molecule has 0 amide bonds. The summed E-state index contributed by atoms with van der Waals surface area (Å²) in [6.45, 7) is 3.77. The average molecular weight is 281 g/mol. The number of hydrogen-bond donors (Lipinski definition) is 2. The summed E-state index contributed by atoms with van der Waals surface area (Å²) < 4.78 is 5.96. The Morgan fingerprint density at radius 3 is 2.95 bits per heavy atom. The first-order valence-corrected chi connectivity index (χ1v) is 7.40. The van der Waals surface area contributed by atoms with E-state index in [2.05, 4.69) is 24.7 Å². The molecule has 2 N–H and O–H groups in total. The summed E-state index contributed by atoms with van der Waals surface area (Å²) in [5.41, 5.74) is 2.78. The largest absolute Gasteiger partial charge is 0.634 e. The molecule has 19 heavy (non-hydrogen) atoms. The molecule has 3 rings (SSSR count). The van der Waals surface area contributed by atoms with Crippen molar-refractivity contribution in [3.63, 3.8) is 0 Å². The smallest absolute Gasteiger partial charge is 0.243 e. The Morgan fingerprint density at radius 1 is 1.47 bits per heavy atom. The molecule has 1 aliphatic rings. The highest BCUT2D eigenvalue weighted by atomic mass is 31.2. The fourth-order valence-electron chi connectivity index (χ4n) is 2.06. The van der Waals surface area contributed by atoms with Crippen LogP contribution >= 0.6 is 7.87 Å². The van der Waals surface area contributed by atoms with Crippen LogP contribution in [0.25, 0.3) is 16.9 Å². The van der Waals surface area contributed by atoms with Crippen LogP contribution in [0.5, 0.6) is 0 Å². The second-order valence-electron chi connectivity index (χ2n) is 4.48. The van der Waals surface area contributed by atoms with Crippen molar-refractivity contribution in [3.05, 3.63) is 18.2 Å². The average Bonchev–Trinajstić information content (AvgIpc) is 2.74. The SMILES string of the molecule is CC(C)=C1C[P+]([O-])(OO)Nc2ncnc3ncn1c23. The van der Waals surface area contributed by atoms with Crippen LogP contribution in [0.3, 0.4) is 0 Å². The zero-order valence-corrected chi connectivity index (χ0v) is 11.3. The molecule has 0 aromatic carbocycles. The van der Waals surface area contributed by atoms with Crippen molar-refractivity contribution >= 4 is 30.5 Å². The quantitative estimate of drug-likeness (QED) is 0.458. The van der Waals surface area contributed by atoms with E-state index >= 15 is 0 Å². The highest BCUT2D eigenvalue weighted by molar-refractivity contribution is 7.66. The van der Waals surface area contributed by atoms with Gasteiger partial charge in [0, 0.05) is 0 Å². The van der Waals surface area contributed by atoms with E-state index in [-0.39, 0.29) is 6.16 Å². The lowest BCUT2D eigenvalue weighted by atomic mass is 10.2. The first-order chi connectivity index (χ1) is 9.04. The van der Waals surface area contributed by atoms with Gasteiger partial charge in [0.05, 0.1) is 5.70 Å². The van der Waals surface area contributed by atoms with Crippen LogP contribution in [0.2, 0.25) is 0 Å². The van der Waals surface area contributed by atoms with Crippen LogP contribution in [0.1, 0.15) is 13.8 Å². The van der Waals surface area contributed by atoms with Crippen LogP contribution in [-0.2, 0) is 4.67 Å². The van der Waals surface area contributed by atoms with Crippen molar-refractivity contribution in [1.29, 1.82) is 0 Å². The van der Waals surface area contributed by atoms with Gasteiger partial charge in [0.1, 0.15) is 24.3 Å². The van der Waals surface area contributed by atoms with Crippen molar-refractivity contribution in [2.75, 3.05) is 11.2 Å². The Kier molecular flexibility index (Phi) is 2.75. The van der Waals surface area contributed by atoms with Gasteiger partial charge in [0.2, 0.25) is 7.87 Å². The minimum atomic E-state index is -3.45. The molecule has 3 heterocycles. The summed E-state index contributed by atoms with van der Waals surface area (Å²) in [5, 5.41) is 11.6. The molecule has 1 aliphatic heterocycles. The zero-order chi connectivity index (χ0) is 13.6. The van der Waals surface area contributed by atoms with Crippen molar-refractivity contribution in [1.82, 2.24) is 19.5 Å². The van der Waals surface area contributed by atoms with Crippen molar-refractivity contribution in [2.24, 2.45) is 0 Å². The summed E-state index contributed by atoms with van der Waals surface area (Å²) in [7, 11) is -3.45. The van der Waals surface area contributed by atoms with Gasteiger partial charge >= 0.3 is 0 Å². The maximum Gasteiger partial charge on any atom is 0.243 e. The molecular formula is C10H12N5O3P. The number of allylic oxidation sites excluding steroid dienone is 2. The fourth-order valence-corrected chi connectivity index (χ4v) is 3.59. The molecule has 0 aliphatic carbocycles. The van der Waals surface area contributed by atoms with Gasteiger partial charge in [0.25, 0.3) is 0 Å². The number of anilines is 1. The van der Waals surface area contributed by atoms with Gasteiger partial charge < -0.3 is 4.89 Å². The van der Waals surface area contributed by atoms with E-state index in [4.69, 9.17) is 5.26 Å². The number of aromatic nitrogens is 4. The summed E-state index contributed by atoms with van der Waals surface area (Å²) in [4.78, 5) is 24.7. The van der Waals surface area contributed by atoms with E-state index in [0.29, 0.717) is 17.0 Å². The highest BCUT2D eigenvalue weighted by Gasteiger charge is 2.37. The van der Waals surface area contributed by atoms with Gasteiger partial charge in [-0.3, -0.25) is 4.57 Å². The standard InChI is InChI=1S/C10H12N5O3P/c1-6(2)7-3-19(17,18-16)14-10-8-9(11-4-12-10)13-5-15(7)8/h4-5,16H,3H2,1-2H3,(H,11,12,14,17). The van der Waals surface area contributed by atoms with Gasteiger partial charge in [-0.25, -0.2) is 25.3 Å². The second kappa shape index (κ2) is 4.21. The van der Waals surface area contributed by atoms with Crippen LogP contribution < -0.4 is 9.98 Å². The van der Waals surface area contributed by atoms with Gasteiger partial charge in [-0.2, -0.15) is 0 Å². The van der Waals surface area contributed by atoms with E-state index in [1.54, 1.807) is 10.9 Å². The summed E-state index contributed by atoms with van der Waals surface area (Å²) >= 11 is 0. The summed E-state index contributed by atoms with van der Waals surface area (Å²) in [5.74, 6) is 0.330. The molecule has 100 valence electrons. The minimum Gasteiger partial charge on any atom is -0.634 e. The number of nitrogens with zero attached hydrogens (tertiary/aromatic N) is 4. The third kappa shape index (κ3) is 1.89. The Balaban J connectivity index is 2.34. The van der Waals surface area contributed by atoms with Crippen molar-refractivity contribution in [3.8, 4) is 0 Å². The molecule has 0 fully saturated rings. The van der Waals surface area contributed by atoms with Crippen LogP contribution in [0, 0.1) is 0 Å². The maximum absolute atomic E-state index is 12.4. The Morgan fingerprint density at radius 2 is 2.26 bits per heavy atom. The fraction of sp³-hybridized carbons (Fsp3) is 0.300. The van der Waals surface area contributed by atoms with Gasteiger partial charge in [0.15, 0.2) is 11.5 Å². The van der Waals surface area contributed by atoms with Gasteiger partial charge in [-0.05, 0) is 13.8 Å². The first-order valence-electron chi connectivity index (χ1n) is 5.59. The molecule has 2 aromatic heterocycles. The monoisotopic (exact) mass is 281 g/mol. The molecule has 8 nitrogen and oxygen atoms in total. The summed E-state index contributed by atoms with van der Waals surface area (Å²) in [6.07, 6.45) is 2.95. The predicted octanol–water partition coefficient (Wildman–Crippen LogP) is 1.12. The summed E-state index contributed by atoms with van der Waals surface area (Å²) in [6, 6.07) is 0. The van der Waals surface area contributed by atoms with Crippen LogP contribution in [-0.4, -0.2) is 30.9 Å². The lowest BCUT2D eigenvalue weighted by Crippen LogP contribution is -2.23. The number of rotatable bonds is 1. The van der Waals surface area contributed by atoms with Gasteiger partial charge in [-0.15, -0.1) is 0 Å². The molecule has 0 spiro atoms. The first kappa shape index (κ1) is 12.4. The van der Waals surface area contributed by atoms with E-state index in [1.807, 2.05) is 13.8 Å². The number of hydrogen-bond acceptors (Lipinski definition) is 7. The molecular weight excluding hydrogens is 269 g/mol. The Labute approximate surface area is 109 Å². The van der Waals surface area contributed by atoms with Crippen molar-refractivity contribution < 1.29 is 14.8 Å². The Bertz CT molecular complexity index is 681. The Hall–Kier alpha value is -1.60. The minimum absolute atomic E-state index is 0.0354. The predicted molar refractivity (Wildman–Crippen MR) is 69.0 cm³/mol. The van der Waals surface area contributed by atoms with E-state index < -0.39 is 7.87 Å². The number of nitrogens with one attached hydrogen (secondary N) is 1. The lowest BCUT2D eigenvalue weighted by Gasteiger charge is -2.24. The third-order valence-corrected chi connectivity index (χ3v) is 4.51. The second-order valence-corrected chi connectivity index (χ2v) is 6.53. The molecule has 0 bridgehead atoms. The molecule has 1 unspecified atom stereocenters. The highest BCUT2D eigenvalue weighted by Crippen LogP contribution is 2.54. The zero-order valence-electron chi connectivity index (χ0n) is 10.4. The third-order valence-electron chi connectivity index (χ3n) is 2.97. The lowest BCUT2D eigenvalue weighted by molar-refractivity contribution is -0.250. The molecule has 2 aromatic rings. The van der Waals surface area contributed by atoms with Crippen LogP contribution in [0.15, 0.2) is 18.2 Å². The molecule has 0 saturated carbocycles. The number of imidazole rings is 1. The topological polar surface area (TPSA) is 108 Å². The van der Waals surface area contributed by atoms with E-state index in [9.17, 15) is 4.89 Å². The normalized spacial score (nSPS) is 22.2. The molecule has 0 saturated heterocycles. The molecule has 9 heteroatoms. The molecule has 0 radical (unpaired) electrons. The van der Waals surface area contributed by atoms with E-state index in [0.717, 1.165) is 11.3 Å². The maximum atomic E-state index is 12.4. The van der Waals surface area contributed by atoms with Gasteiger partial charge in [-0.1, -0.05) is 10.2 Å². The van der Waals surface area contributed by atoms with Crippen molar-refractivity contribution in [2.45, 2.75) is 13.8 Å². The van der Waals surface area contributed by atoms with Crippen LogP contribution in [0.4, 0.5) is 5.82 Å².